The summed E-state index contributed by atoms with van der Waals surface area (Å²) in [6.07, 6.45) is 3.82. The highest BCUT2D eigenvalue weighted by molar-refractivity contribution is 5.92. The molecule has 0 aliphatic carbocycles. The standard InChI is InChI=1S/C28H32N4O4/c1-19-7-3-5-9-23(19)31-15-21-13-27(31,17-29-21)35-25(33)11-12-26(34)36-28-14-22(30-18-28)16-32(28)24-10-6-4-8-20(24)2/h3-12,21-22,29-30H,13-18H2,1-2H3/b12-11-/t21-,22-,27-,28-/m0/s1. The predicted molar refractivity (Wildman–Crippen MR) is 137 cm³/mol. The Balaban J connectivity index is 1.14. The van der Waals surface area contributed by atoms with Crippen LogP contribution in [0.5, 0.6) is 0 Å². The van der Waals surface area contributed by atoms with Gasteiger partial charge in [0.1, 0.15) is 0 Å². The smallest absolute Gasteiger partial charge is 0.333 e. The Morgan fingerprint density at radius 3 is 1.58 bits per heavy atom. The van der Waals surface area contributed by atoms with Crippen LogP contribution < -0.4 is 20.4 Å². The van der Waals surface area contributed by atoms with Crippen molar-refractivity contribution in [2.24, 2.45) is 0 Å². The van der Waals surface area contributed by atoms with Gasteiger partial charge >= 0.3 is 11.9 Å². The predicted octanol–water partition coefficient (Wildman–Crippen LogP) is 2.40. The molecule has 188 valence electrons. The molecule has 4 aliphatic rings. The molecule has 4 aliphatic heterocycles. The van der Waals surface area contributed by atoms with Gasteiger partial charge in [-0.3, -0.25) is 0 Å². The zero-order chi connectivity index (χ0) is 24.9. The van der Waals surface area contributed by atoms with E-state index in [4.69, 9.17) is 9.47 Å². The Bertz CT molecular complexity index is 1140. The van der Waals surface area contributed by atoms with Gasteiger partial charge in [-0.15, -0.1) is 0 Å². The van der Waals surface area contributed by atoms with E-state index >= 15 is 0 Å². The summed E-state index contributed by atoms with van der Waals surface area (Å²) in [5.41, 5.74) is 2.90. The quantitative estimate of drug-likeness (QED) is 0.474. The fraction of sp³-hybridized carbons (Fsp3) is 0.429. The summed E-state index contributed by atoms with van der Waals surface area (Å²) in [7, 11) is 0. The second kappa shape index (κ2) is 8.64. The molecular formula is C28H32N4O4. The number of rotatable bonds is 6. The van der Waals surface area contributed by atoms with Gasteiger partial charge in [0.2, 0.25) is 11.4 Å². The lowest BCUT2D eigenvalue weighted by Gasteiger charge is -2.40. The summed E-state index contributed by atoms with van der Waals surface area (Å²) in [5.74, 6) is -1.09. The molecular weight excluding hydrogens is 456 g/mol. The summed E-state index contributed by atoms with van der Waals surface area (Å²) >= 11 is 0. The summed E-state index contributed by atoms with van der Waals surface area (Å²) in [4.78, 5) is 30.1. The van der Waals surface area contributed by atoms with Gasteiger partial charge in [0, 0.05) is 61.5 Å². The summed E-state index contributed by atoms with van der Waals surface area (Å²) < 4.78 is 12.0. The average molecular weight is 489 g/mol. The number of carbonyl (C=O) groups is 2. The topological polar surface area (TPSA) is 83.1 Å². The van der Waals surface area contributed by atoms with Gasteiger partial charge in [-0.2, -0.15) is 0 Å². The van der Waals surface area contributed by atoms with Crippen LogP contribution in [-0.2, 0) is 19.1 Å². The number of piperazine rings is 2. The molecule has 0 unspecified atom stereocenters. The van der Waals surface area contributed by atoms with Gasteiger partial charge in [0.15, 0.2) is 0 Å². The second-order valence-corrected chi connectivity index (χ2v) is 10.4. The molecule has 8 nitrogen and oxygen atoms in total. The average Bonchev–Trinajstić information content (AvgIpc) is 3.62. The first-order chi connectivity index (χ1) is 17.4. The van der Waals surface area contributed by atoms with Crippen LogP contribution in [0.3, 0.4) is 0 Å². The number of carbonyl (C=O) groups excluding carboxylic acids is 2. The van der Waals surface area contributed by atoms with Crippen molar-refractivity contribution in [2.45, 2.75) is 50.2 Å². The Hall–Kier alpha value is -3.36. The maximum Gasteiger partial charge on any atom is 0.333 e. The van der Waals surface area contributed by atoms with E-state index < -0.39 is 23.4 Å². The molecule has 0 saturated carbocycles. The Kier molecular flexibility index (Phi) is 5.53. The monoisotopic (exact) mass is 488 g/mol. The lowest BCUT2D eigenvalue weighted by molar-refractivity contribution is -0.153. The van der Waals surface area contributed by atoms with Gasteiger partial charge in [-0.1, -0.05) is 36.4 Å². The number of hydrogen-bond donors (Lipinski definition) is 2. The molecule has 0 radical (unpaired) electrons. The van der Waals surface area contributed by atoms with E-state index in [1.54, 1.807) is 0 Å². The van der Waals surface area contributed by atoms with E-state index in [1.807, 2.05) is 24.3 Å². The molecule has 36 heavy (non-hydrogen) atoms. The zero-order valence-electron chi connectivity index (χ0n) is 20.7. The van der Waals surface area contributed by atoms with E-state index in [-0.39, 0.29) is 12.1 Å². The number of aryl methyl sites for hydroxylation is 2. The van der Waals surface area contributed by atoms with E-state index in [2.05, 4.69) is 58.5 Å². The molecule has 4 bridgehead atoms. The summed E-state index contributed by atoms with van der Waals surface area (Å²) in [5, 5.41) is 6.86. The largest absolute Gasteiger partial charge is 0.434 e. The summed E-state index contributed by atoms with van der Waals surface area (Å²) in [6.45, 7) is 6.77. The highest BCUT2D eigenvalue weighted by Gasteiger charge is 2.55. The molecule has 2 aromatic rings. The fourth-order valence-corrected chi connectivity index (χ4v) is 6.32. The number of anilines is 2. The van der Waals surface area contributed by atoms with Crippen molar-refractivity contribution in [1.29, 1.82) is 0 Å². The first-order valence-electron chi connectivity index (χ1n) is 12.6. The number of ether oxygens (including phenoxy) is 2. The number of benzene rings is 2. The van der Waals surface area contributed by atoms with Crippen molar-refractivity contribution >= 4 is 23.3 Å². The Morgan fingerprint density at radius 1 is 0.778 bits per heavy atom. The van der Waals surface area contributed by atoms with Crippen LogP contribution in [0, 0.1) is 13.8 Å². The minimum Gasteiger partial charge on any atom is -0.434 e. The van der Waals surface area contributed by atoms with Crippen molar-refractivity contribution < 1.29 is 19.1 Å². The molecule has 0 aromatic heterocycles. The van der Waals surface area contributed by atoms with Crippen LogP contribution in [0.1, 0.15) is 24.0 Å². The minimum absolute atomic E-state index is 0.267. The van der Waals surface area contributed by atoms with E-state index in [9.17, 15) is 9.59 Å². The molecule has 2 N–H and O–H groups in total. The van der Waals surface area contributed by atoms with Crippen molar-refractivity contribution in [3.8, 4) is 0 Å². The number of para-hydroxylation sites is 2. The molecule has 4 fully saturated rings. The van der Waals surface area contributed by atoms with E-state index in [0.717, 1.165) is 35.6 Å². The summed E-state index contributed by atoms with van der Waals surface area (Å²) in [6, 6.07) is 16.8. The maximum absolute atomic E-state index is 12.9. The van der Waals surface area contributed by atoms with Crippen LogP contribution >= 0.6 is 0 Å². The van der Waals surface area contributed by atoms with Gasteiger partial charge in [-0.25, -0.2) is 9.59 Å². The third-order valence-corrected chi connectivity index (χ3v) is 8.00. The van der Waals surface area contributed by atoms with Crippen molar-refractivity contribution in [3.05, 3.63) is 71.8 Å². The SMILES string of the molecule is Cc1ccccc1N1C[C@@H]2C[C@]1(OC(=O)/C=C\C(=O)O[C@@]13CN[C@H](CN1c1ccccc1C)C3)CN2. The van der Waals surface area contributed by atoms with Crippen LogP contribution in [0.15, 0.2) is 60.7 Å². The molecule has 0 spiro atoms. The molecule has 4 heterocycles. The van der Waals surface area contributed by atoms with E-state index in [1.165, 1.54) is 12.2 Å². The van der Waals surface area contributed by atoms with Crippen LogP contribution in [0.4, 0.5) is 11.4 Å². The van der Waals surface area contributed by atoms with E-state index in [0.29, 0.717) is 25.9 Å². The van der Waals surface area contributed by atoms with Crippen molar-refractivity contribution in [1.82, 2.24) is 10.6 Å². The lowest BCUT2D eigenvalue weighted by Crippen LogP contribution is -2.55. The van der Waals surface area contributed by atoms with Gasteiger partial charge in [0.05, 0.1) is 13.1 Å². The maximum atomic E-state index is 12.9. The Morgan fingerprint density at radius 2 is 1.19 bits per heavy atom. The molecule has 6 rings (SSSR count). The van der Waals surface area contributed by atoms with Crippen LogP contribution in [0.2, 0.25) is 0 Å². The van der Waals surface area contributed by atoms with Gasteiger partial charge in [0.25, 0.3) is 0 Å². The first kappa shape index (κ1) is 23.1. The lowest BCUT2D eigenvalue weighted by atomic mass is 10.1. The van der Waals surface area contributed by atoms with Crippen molar-refractivity contribution in [2.75, 3.05) is 36.0 Å². The molecule has 8 heteroatoms. The highest BCUT2D eigenvalue weighted by Crippen LogP contribution is 2.42. The normalized spacial score (nSPS) is 30.4. The second-order valence-electron chi connectivity index (χ2n) is 10.4. The minimum atomic E-state index is -0.753. The molecule has 4 atom stereocenters. The van der Waals surface area contributed by atoms with Crippen molar-refractivity contribution in [3.63, 3.8) is 0 Å². The zero-order valence-corrected chi connectivity index (χ0v) is 20.7. The van der Waals surface area contributed by atoms with Crippen LogP contribution in [-0.4, -0.2) is 61.7 Å². The number of esters is 2. The first-order valence-corrected chi connectivity index (χ1v) is 12.6. The number of nitrogens with one attached hydrogen (secondary N) is 2. The van der Waals surface area contributed by atoms with Crippen LogP contribution in [0.25, 0.3) is 0 Å². The molecule has 2 aromatic carbocycles. The van der Waals surface area contributed by atoms with Gasteiger partial charge in [-0.05, 0) is 37.1 Å². The highest BCUT2D eigenvalue weighted by atomic mass is 16.6. The number of nitrogens with zero attached hydrogens (tertiary/aromatic N) is 2. The third-order valence-electron chi connectivity index (χ3n) is 8.00. The number of fused-ring (bicyclic) bond motifs is 4. The third kappa shape index (κ3) is 3.85. The fourth-order valence-electron chi connectivity index (χ4n) is 6.32. The van der Waals surface area contributed by atoms with Gasteiger partial charge < -0.3 is 29.9 Å². The molecule has 4 saturated heterocycles. The number of hydrogen-bond acceptors (Lipinski definition) is 8. The molecule has 0 amide bonds. The Labute approximate surface area is 211 Å².